The van der Waals surface area contributed by atoms with Crippen LogP contribution >= 0.6 is 0 Å². The van der Waals surface area contributed by atoms with Gasteiger partial charge in [-0.1, -0.05) is 0 Å². The van der Waals surface area contributed by atoms with Gasteiger partial charge in [0, 0.05) is 11.6 Å². The highest BCUT2D eigenvalue weighted by molar-refractivity contribution is 6.04. The SMILES string of the molecule is CCOc1ccc(C(=O)Nc2cc(C)nn2-c2ncnc3c2cnn3-c2ccc(F)cc2)cc1. The van der Waals surface area contributed by atoms with Crippen molar-refractivity contribution in [2.75, 3.05) is 11.9 Å². The van der Waals surface area contributed by atoms with Gasteiger partial charge < -0.3 is 10.1 Å². The number of amides is 1. The van der Waals surface area contributed by atoms with E-state index in [1.165, 1.54) is 18.5 Å². The topological polar surface area (TPSA) is 99.8 Å². The Labute approximate surface area is 193 Å². The van der Waals surface area contributed by atoms with Crippen molar-refractivity contribution in [2.45, 2.75) is 13.8 Å². The van der Waals surface area contributed by atoms with Gasteiger partial charge in [0.25, 0.3) is 5.91 Å². The van der Waals surface area contributed by atoms with Crippen molar-refractivity contribution in [1.29, 1.82) is 0 Å². The minimum Gasteiger partial charge on any atom is -0.494 e. The Bertz CT molecular complexity index is 1470. The molecule has 5 rings (SSSR count). The van der Waals surface area contributed by atoms with Crippen molar-refractivity contribution in [1.82, 2.24) is 29.5 Å². The van der Waals surface area contributed by atoms with Gasteiger partial charge in [0.2, 0.25) is 0 Å². The summed E-state index contributed by atoms with van der Waals surface area (Å²) in [6, 6.07) is 14.6. The second kappa shape index (κ2) is 8.74. The molecule has 170 valence electrons. The Balaban J connectivity index is 1.50. The van der Waals surface area contributed by atoms with Crippen LogP contribution in [0.15, 0.2) is 67.1 Å². The number of aryl methyl sites for hydroxylation is 1. The van der Waals surface area contributed by atoms with Crippen LogP contribution in [0.25, 0.3) is 22.5 Å². The lowest BCUT2D eigenvalue weighted by Crippen LogP contribution is -2.15. The summed E-state index contributed by atoms with van der Waals surface area (Å²) in [6.45, 7) is 4.27. The van der Waals surface area contributed by atoms with Gasteiger partial charge >= 0.3 is 0 Å². The van der Waals surface area contributed by atoms with Gasteiger partial charge in [0.15, 0.2) is 11.5 Å². The fourth-order valence-corrected chi connectivity index (χ4v) is 3.58. The standard InChI is InChI=1S/C24H20FN7O2/c1-3-34-19-10-4-16(5-11-19)24(33)29-21-12-15(2)30-32(21)23-20-13-28-31(22(20)26-14-27-23)18-8-6-17(25)7-9-18/h4-14H,3H2,1-2H3,(H,29,33). The van der Waals surface area contributed by atoms with Gasteiger partial charge in [0.1, 0.15) is 23.7 Å². The van der Waals surface area contributed by atoms with Crippen LogP contribution in [-0.4, -0.2) is 42.0 Å². The Hall–Kier alpha value is -4.60. The Kier molecular flexibility index (Phi) is 5.46. The van der Waals surface area contributed by atoms with Crippen LogP contribution in [0.3, 0.4) is 0 Å². The third kappa shape index (κ3) is 3.96. The molecule has 0 aliphatic heterocycles. The van der Waals surface area contributed by atoms with E-state index < -0.39 is 0 Å². The third-order valence-electron chi connectivity index (χ3n) is 5.12. The van der Waals surface area contributed by atoms with E-state index in [0.717, 1.165) is 0 Å². The van der Waals surface area contributed by atoms with Crippen LogP contribution in [0, 0.1) is 12.7 Å². The summed E-state index contributed by atoms with van der Waals surface area (Å²) in [5.41, 5.74) is 2.35. The molecule has 0 atom stereocenters. The van der Waals surface area contributed by atoms with E-state index in [2.05, 4.69) is 25.5 Å². The summed E-state index contributed by atoms with van der Waals surface area (Å²) in [5, 5.41) is 12.4. The first-order chi connectivity index (χ1) is 16.5. The molecule has 9 nitrogen and oxygen atoms in total. The number of hydrogen-bond donors (Lipinski definition) is 1. The number of fused-ring (bicyclic) bond motifs is 1. The predicted molar refractivity (Wildman–Crippen MR) is 124 cm³/mol. The van der Waals surface area contributed by atoms with Crippen molar-refractivity contribution >= 4 is 22.8 Å². The van der Waals surface area contributed by atoms with Gasteiger partial charge in [-0.2, -0.15) is 14.9 Å². The first-order valence-corrected chi connectivity index (χ1v) is 10.6. The smallest absolute Gasteiger partial charge is 0.256 e. The maximum absolute atomic E-state index is 13.3. The van der Waals surface area contributed by atoms with E-state index in [-0.39, 0.29) is 11.7 Å². The van der Waals surface area contributed by atoms with Crippen LogP contribution in [-0.2, 0) is 0 Å². The zero-order valence-electron chi connectivity index (χ0n) is 18.4. The van der Waals surface area contributed by atoms with Crippen molar-refractivity contribution in [3.05, 3.63) is 84.2 Å². The van der Waals surface area contributed by atoms with E-state index in [1.807, 2.05) is 13.8 Å². The van der Waals surface area contributed by atoms with Gasteiger partial charge in [-0.15, -0.1) is 0 Å². The summed E-state index contributed by atoms with van der Waals surface area (Å²) in [7, 11) is 0. The molecule has 1 amide bonds. The summed E-state index contributed by atoms with van der Waals surface area (Å²) in [4.78, 5) is 21.6. The quantitative estimate of drug-likeness (QED) is 0.412. The fourth-order valence-electron chi connectivity index (χ4n) is 3.58. The second-order valence-electron chi connectivity index (χ2n) is 7.46. The number of ether oxygens (including phenoxy) is 1. The van der Waals surface area contributed by atoms with Crippen molar-refractivity contribution in [3.8, 4) is 17.3 Å². The maximum atomic E-state index is 13.3. The molecule has 0 aliphatic carbocycles. The number of benzene rings is 2. The lowest BCUT2D eigenvalue weighted by atomic mass is 10.2. The third-order valence-corrected chi connectivity index (χ3v) is 5.12. The molecule has 2 aromatic carbocycles. The Morgan fingerprint density at radius 3 is 2.56 bits per heavy atom. The van der Waals surface area contributed by atoms with Gasteiger partial charge in [-0.3, -0.25) is 4.79 Å². The number of aromatic nitrogens is 6. The second-order valence-corrected chi connectivity index (χ2v) is 7.46. The zero-order chi connectivity index (χ0) is 23.7. The van der Waals surface area contributed by atoms with E-state index in [0.29, 0.717) is 52.0 Å². The molecule has 10 heteroatoms. The molecule has 0 radical (unpaired) electrons. The van der Waals surface area contributed by atoms with E-state index >= 15 is 0 Å². The van der Waals surface area contributed by atoms with Crippen molar-refractivity contribution < 1.29 is 13.9 Å². The molecular weight excluding hydrogens is 437 g/mol. The number of rotatable bonds is 6. The molecular formula is C24H20FN7O2. The number of carbonyl (C=O) groups is 1. The first kappa shape index (κ1) is 21.3. The number of halogens is 1. The number of nitrogens with one attached hydrogen (secondary N) is 1. The number of carbonyl (C=O) groups excluding carboxylic acids is 1. The maximum Gasteiger partial charge on any atom is 0.256 e. The molecule has 0 unspecified atom stereocenters. The average molecular weight is 457 g/mol. The van der Waals surface area contributed by atoms with Crippen LogP contribution in [0.2, 0.25) is 0 Å². The largest absolute Gasteiger partial charge is 0.494 e. The summed E-state index contributed by atoms with van der Waals surface area (Å²) >= 11 is 0. The lowest BCUT2D eigenvalue weighted by Gasteiger charge is -2.10. The average Bonchev–Trinajstić information content (AvgIpc) is 3.43. The van der Waals surface area contributed by atoms with Gasteiger partial charge in [-0.05, 0) is 62.4 Å². The minimum absolute atomic E-state index is 0.295. The van der Waals surface area contributed by atoms with Crippen LogP contribution in [0.4, 0.5) is 10.2 Å². The number of nitrogens with zero attached hydrogens (tertiary/aromatic N) is 6. The van der Waals surface area contributed by atoms with Gasteiger partial charge in [0.05, 0.1) is 29.6 Å². The predicted octanol–water partition coefficient (Wildman–Crippen LogP) is 4.10. The highest BCUT2D eigenvalue weighted by Crippen LogP contribution is 2.24. The number of anilines is 1. The summed E-state index contributed by atoms with van der Waals surface area (Å²) in [6.07, 6.45) is 3.01. The Morgan fingerprint density at radius 1 is 1.06 bits per heavy atom. The van der Waals surface area contributed by atoms with Crippen LogP contribution in [0.1, 0.15) is 23.0 Å². The van der Waals surface area contributed by atoms with Crippen LogP contribution in [0.5, 0.6) is 5.75 Å². The van der Waals surface area contributed by atoms with Gasteiger partial charge in [-0.25, -0.2) is 19.0 Å². The highest BCUT2D eigenvalue weighted by atomic mass is 19.1. The zero-order valence-corrected chi connectivity index (χ0v) is 18.4. The normalized spacial score (nSPS) is 11.0. The molecule has 0 saturated heterocycles. The van der Waals surface area contributed by atoms with E-state index in [1.54, 1.807) is 58.0 Å². The molecule has 0 bridgehead atoms. The monoisotopic (exact) mass is 457 g/mol. The fraction of sp³-hybridized carbons (Fsp3) is 0.125. The summed E-state index contributed by atoms with van der Waals surface area (Å²) in [5.74, 6) is 0.966. The first-order valence-electron chi connectivity index (χ1n) is 10.6. The Morgan fingerprint density at radius 2 is 1.82 bits per heavy atom. The van der Waals surface area contributed by atoms with Crippen molar-refractivity contribution in [2.24, 2.45) is 0 Å². The van der Waals surface area contributed by atoms with E-state index in [4.69, 9.17) is 4.74 Å². The highest BCUT2D eigenvalue weighted by Gasteiger charge is 2.18. The molecule has 34 heavy (non-hydrogen) atoms. The molecule has 0 fully saturated rings. The van der Waals surface area contributed by atoms with Crippen molar-refractivity contribution in [3.63, 3.8) is 0 Å². The van der Waals surface area contributed by atoms with E-state index in [9.17, 15) is 9.18 Å². The molecule has 0 saturated carbocycles. The molecule has 1 N–H and O–H groups in total. The lowest BCUT2D eigenvalue weighted by molar-refractivity contribution is 0.102. The summed E-state index contributed by atoms with van der Waals surface area (Å²) < 4.78 is 21.9. The molecule has 3 heterocycles. The molecule has 3 aromatic heterocycles. The number of hydrogen-bond acceptors (Lipinski definition) is 6. The molecule has 0 aliphatic rings. The minimum atomic E-state index is -0.338. The van der Waals surface area contributed by atoms with Crippen LogP contribution < -0.4 is 10.1 Å². The molecule has 0 spiro atoms. The molecule has 5 aromatic rings.